The van der Waals surface area contributed by atoms with Crippen molar-refractivity contribution >= 4 is 43.5 Å². The van der Waals surface area contributed by atoms with Gasteiger partial charge in [-0.3, -0.25) is 13.9 Å². The summed E-state index contributed by atoms with van der Waals surface area (Å²) >= 11 is 3.47. The van der Waals surface area contributed by atoms with Crippen LogP contribution >= 0.6 is 15.9 Å². The Morgan fingerprint density at radius 2 is 1.65 bits per heavy atom. The number of halogens is 1. The molecule has 0 saturated carbocycles. The highest BCUT2D eigenvalue weighted by molar-refractivity contribution is 9.10. The number of anilines is 1. The van der Waals surface area contributed by atoms with Gasteiger partial charge in [-0.25, -0.2) is 8.42 Å². The molecule has 2 amide bonds. The summed E-state index contributed by atoms with van der Waals surface area (Å²) in [5.41, 5.74) is 1.92. The third-order valence-corrected chi connectivity index (χ3v) is 7.99. The number of fused-ring (bicyclic) bond motifs is 1. The maximum Gasteiger partial charge on any atom is 0.244 e. The Morgan fingerprint density at radius 3 is 2.33 bits per heavy atom. The van der Waals surface area contributed by atoms with Crippen molar-refractivity contribution in [2.24, 2.45) is 0 Å². The van der Waals surface area contributed by atoms with E-state index in [9.17, 15) is 18.0 Å². The first-order valence-corrected chi connectivity index (χ1v) is 15.5. The summed E-state index contributed by atoms with van der Waals surface area (Å²) in [6, 6.07) is 20.7. The molecular weight excluding hydrogens is 598 g/mol. The molecule has 1 N–H and O–H groups in total. The van der Waals surface area contributed by atoms with Crippen LogP contribution in [0, 0.1) is 0 Å². The predicted molar refractivity (Wildman–Crippen MR) is 157 cm³/mol. The van der Waals surface area contributed by atoms with E-state index in [4.69, 9.17) is 9.47 Å². The molecule has 212 valence electrons. The second-order valence-corrected chi connectivity index (χ2v) is 12.2. The van der Waals surface area contributed by atoms with Gasteiger partial charge in [0.1, 0.15) is 25.8 Å². The summed E-state index contributed by atoms with van der Waals surface area (Å²) in [4.78, 5) is 28.9. The van der Waals surface area contributed by atoms with Crippen LogP contribution in [0.5, 0.6) is 11.5 Å². The van der Waals surface area contributed by atoms with E-state index in [-0.39, 0.29) is 24.6 Å². The highest BCUT2D eigenvalue weighted by Crippen LogP contribution is 2.34. The van der Waals surface area contributed by atoms with E-state index in [1.807, 2.05) is 61.5 Å². The van der Waals surface area contributed by atoms with Crippen molar-refractivity contribution in [1.82, 2.24) is 10.2 Å². The number of carbonyl (C=O) groups excluding carboxylic acids is 2. The Balaban J connectivity index is 1.72. The average molecular weight is 631 g/mol. The van der Waals surface area contributed by atoms with Gasteiger partial charge >= 0.3 is 0 Å². The zero-order valence-corrected chi connectivity index (χ0v) is 24.8. The van der Waals surface area contributed by atoms with E-state index in [0.717, 1.165) is 26.2 Å². The summed E-state index contributed by atoms with van der Waals surface area (Å²) in [7, 11) is -3.89. The predicted octanol–water partition coefficient (Wildman–Crippen LogP) is 3.76. The van der Waals surface area contributed by atoms with E-state index in [1.54, 1.807) is 18.2 Å². The van der Waals surface area contributed by atoms with Crippen molar-refractivity contribution in [3.63, 3.8) is 0 Å². The summed E-state index contributed by atoms with van der Waals surface area (Å²) < 4.78 is 39.0. The maximum absolute atomic E-state index is 14.1. The number of hydrogen-bond acceptors (Lipinski definition) is 6. The smallest absolute Gasteiger partial charge is 0.244 e. The van der Waals surface area contributed by atoms with Crippen LogP contribution in [-0.2, 0) is 32.6 Å². The largest absolute Gasteiger partial charge is 0.486 e. The van der Waals surface area contributed by atoms with Crippen LogP contribution in [0.25, 0.3) is 0 Å². The fourth-order valence-corrected chi connectivity index (χ4v) is 5.77. The fourth-order valence-electron chi connectivity index (χ4n) is 4.48. The molecule has 9 nitrogen and oxygen atoms in total. The van der Waals surface area contributed by atoms with Gasteiger partial charge in [-0.2, -0.15) is 0 Å². The molecule has 0 saturated heterocycles. The quantitative estimate of drug-likeness (QED) is 0.346. The van der Waals surface area contributed by atoms with Gasteiger partial charge in [-0.15, -0.1) is 0 Å². The molecule has 3 aromatic carbocycles. The molecule has 0 radical (unpaired) electrons. The van der Waals surface area contributed by atoms with Crippen LogP contribution in [0.3, 0.4) is 0 Å². The van der Waals surface area contributed by atoms with E-state index >= 15 is 0 Å². The SMILES string of the molecule is CCNC(=O)[C@H](Cc1ccccc1)N(Cc1cccc(Br)c1)C(=O)CN(c1ccc2c(c1)OCCO2)S(C)(=O)=O. The first-order valence-electron chi connectivity index (χ1n) is 12.9. The van der Waals surface area contributed by atoms with Gasteiger partial charge in [0.05, 0.1) is 11.9 Å². The monoisotopic (exact) mass is 629 g/mol. The Morgan fingerprint density at radius 1 is 0.950 bits per heavy atom. The molecule has 1 atom stereocenters. The zero-order chi connectivity index (χ0) is 28.7. The van der Waals surface area contributed by atoms with Crippen molar-refractivity contribution in [3.8, 4) is 11.5 Å². The van der Waals surface area contributed by atoms with Gasteiger partial charge in [0.25, 0.3) is 0 Å². The van der Waals surface area contributed by atoms with Crippen LogP contribution in [0.1, 0.15) is 18.1 Å². The molecule has 0 aliphatic carbocycles. The molecule has 11 heteroatoms. The van der Waals surface area contributed by atoms with Crippen LogP contribution in [0.2, 0.25) is 0 Å². The molecule has 1 aliphatic heterocycles. The minimum absolute atomic E-state index is 0.103. The van der Waals surface area contributed by atoms with E-state index in [1.165, 1.54) is 4.90 Å². The number of amides is 2. The number of nitrogens with one attached hydrogen (secondary N) is 1. The molecule has 0 spiro atoms. The minimum Gasteiger partial charge on any atom is -0.486 e. The third-order valence-electron chi connectivity index (χ3n) is 6.36. The third kappa shape index (κ3) is 7.54. The Labute approximate surface area is 243 Å². The van der Waals surface area contributed by atoms with Crippen molar-refractivity contribution in [3.05, 3.63) is 88.4 Å². The molecule has 3 aromatic rings. The van der Waals surface area contributed by atoms with Gasteiger partial charge in [0, 0.05) is 30.0 Å². The van der Waals surface area contributed by atoms with E-state index < -0.39 is 28.5 Å². The number of hydrogen-bond donors (Lipinski definition) is 1. The molecule has 4 rings (SSSR count). The summed E-state index contributed by atoms with van der Waals surface area (Å²) in [5.74, 6) is 0.0674. The number of likely N-dealkylation sites (N-methyl/N-ethyl adjacent to an activating group) is 1. The summed E-state index contributed by atoms with van der Waals surface area (Å²) in [6.45, 7) is 2.53. The maximum atomic E-state index is 14.1. The fraction of sp³-hybridized carbons (Fsp3) is 0.310. The molecule has 1 heterocycles. The van der Waals surface area contributed by atoms with E-state index in [0.29, 0.717) is 31.3 Å². The zero-order valence-electron chi connectivity index (χ0n) is 22.4. The van der Waals surface area contributed by atoms with Crippen molar-refractivity contribution in [1.29, 1.82) is 0 Å². The minimum atomic E-state index is -3.89. The summed E-state index contributed by atoms with van der Waals surface area (Å²) in [5, 5.41) is 2.84. The van der Waals surface area contributed by atoms with Crippen LogP contribution in [0.15, 0.2) is 77.3 Å². The number of nitrogens with zero attached hydrogens (tertiary/aromatic N) is 2. The first-order chi connectivity index (χ1) is 19.2. The molecule has 0 aromatic heterocycles. The highest BCUT2D eigenvalue weighted by Gasteiger charge is 2.33. The van der Waals surface area contributed by atoms with E-state index in [2.05, 4.69) is 21.2 Å². The Hall–Kier alpha value is -3.57. The normalized spacial score (nSPS) is 13.3. The summed E-state index contributed by atoms with van der Waals surface area (Å²) in [6.07, 6.45) is 1.30. The second kappa shape index (κ2) is 13.2. The van der Waals surface area contributed by atoms with Gasteiger partial charge < -0.3 is 19.7 Å². The number of ether oxygens (including phenoxy) is 2. The lowest BCUT2D eigenvalue weighted by Crippen LogP contribution is -2.53. The lowest BCUT2D eigenvalue weighted by Gasteiger charge is -2.33. The number of sulfonamides is 1. The van der Waals surface area contributed by atoms with Gasteiger partial charge in [0.15, 0.2) is 11.5 Å². The Kier molecular flexibility index (Phi) is 9.70. The van der Waals surface area contributed by atoms with Crippen LogP contribution in [-0.4, -0.2) is 63.7 Å². The molecular formula is C29H32BrN3O6S. The van der Waals surface area contributed by atoms with Crippen LogP contribution in [0.4, 0.5) is 5.69 Å². The molecule has 0 bridgehead atoms. The van der Waals surface area contributed by atoms with Crippen molar-refractivity contribution in [2.75, 3.05) is 36.9 Å². The highest BCUT2D eigenvalue weighted by atomic mass is 79.9. The topological polar surface area (TPSA) is 105 Å². The van der Waals surface area contributed by atoms with Crippen molar-refractivity contribution < 1.29 is 27.5 Å². The second-order valence-electron chi connectivity index (χ2n) is 9.35. The number of rotatable bonds is 11. The van der Waals surface area contributed by atoms with Gasteiger partial charge in [-0.1, -0.05) is 58.4 Å². The first kappa shape index (κ1) is 29.4. The molecule has 0 fully saturated rings. The molecule has 0 unspecified atom stereocenters. The number of benzene rings is 3. The van der Waals surface area contributed by atoms with Crippen LogP contribution < -0.4 is 19.1 Å². The average Bonchev–Trinajstić information content (AvgIpc) is 2.93. The number of carbonyl (C=O) groups is 2. The van der Waals surface area contributed by atoms with Crippen molar-refractivity contribution in [2.45, 2.75) is 25.9 Å². The lowest BCUT2D eigenvalue weighted by molar-refractivity contribution is -0.140. The molecule has 40 heavy (non-hydrogen) atoms. The standard InChI is InChI=1S/C29H32BrN3O6S/c1-3-31-29(35)25(17-21-8-5-4-6-9-21)32(19-22-10-7-11-23(30)16-22)28(34)20-33(40(2,36)37)24-12-13-26-27(18-24)39-15-14-38-26/h4-13,16,18,25H,3,14-15,17,19-20H2,1-2H3,(H,31,35)/t25-/m0/s1. The lowest BCUT2D eigenvalue weighted by atomic mass is 10.0. The van der Waals surface area contributed by atoms with Gasteiger partial charge in [-0.05, 0) is 42.3 Å². The molecule has 1 aliphatic rings. The van der Waals surface area contributed by atoms with Gasteiger partial charge in [0.2, 0.25) is 21.8 Å². The Bertz CT molecular complexity index is 1450.